The van der Waals surface area contributed by atoms with Crippen molar-refractivity contribution >= 4 is 17.5 Å². The highest BCUT2D eigenvalue weighted by molar-refractivity contribution is 8.00. The molecule has 0 unspecified atom stereocenters. The Morgan fingerprint density at radius 2 is 1.92 bits per heavy atom. The first-order valence-electron chi connectivity index (χ1n) is 7.81. The third kappa shape index (κ3) is 3.17. The van der Waals surface area contributed by atoms with Gasteiger partial charge in [-0.2, -0.15) is 0 Å². The van der Waals surface area contributed by atoms with Gasteiger partial charge in [0.15, 0.2) is 11.6 Å². The number of nitrogens with zero attached hydrogens (tertiary/aromatic N) is 2. The van der Waals surface area contributed by atoms with Gasteiger partial charge < -0.3 is 4.52 Å². The van der Waals surface area contributed by atoms with E-state index in [4.69, 9.17) is 4.52 Å². The van der Waals surface area contributed by atoms with Crippen molar-refractivity contribution in [3.05, 3.63) is 64.7 Å². The van der Waals surface area contributed by atoms with Gasteiger partial charge in [0.25, 0.3) is 0 Å². The van der Waals surface area contributed by atoms with Gasteiger partial charge in [0.2, 0.25) is 0 Å². The summed E-state index contributed by atoms with van der Waals surface area (Å²) in [7, 11) is 0. The maximum absolute atomic E-state index is 12.7. The Balaban J connectivity index is 1.82. The van der Waals surface area contributed by atoms with Crippen LogP contribution in [0.2, 0.25) is 0 Å². The average molecular weight is 340 g/mol. The van der Waals surface area contributed by atoms with Crippen molar-refractivity contribution in [2.45, 2.75) is 32.6 Å². The normalized spacial score (nSPS) is 11.0. The van der Waals surface area contributed by atoms with Crippen molar-refractivity contribution in [1.82, 2.24) is 9.72 Å². The number of benzene rings is 1. The molecular weight excluding hydrogens is 320 g/mol. The molecule has 4 nitrogen and oxygen atoms in total. The molecule has 0 radical (unpaired) electrons. The molecule has 0 atom stereocenters. The van der Waals surface area contributed by atoms with Crippen LogP contribution >= 0.6 is 11.8 Å². The maximum Gasteiger partial charge on any atom is 0.180 e. The zero-order valence-corrected chi connectivity index (χ0v) is 15.1. The number of Topliss-reactive ketones (excluding diaryl/α,β-unsaturated/α-hetero) is 1. The lowest BCUT2D eigenvalue weighted by molar-refractivity contribution is 0.102. The fraction of sp³-hybridized carbons (Fsp3) is 0.263. The molecule has 3 rings (SSSR count). The lowest BCUT2D eigenvalue weighted by atomic mass is 10.2. The molecule has 24 heavy (non-hydrogen) atoms. The van der Waals surface area contributed by atoms with Gasteiger partial charge in [0.05, 0.1) is 5.75 Å². The zero-order chi connectivity index (χ0) is 17.3. The van der Waals surface area contributed by atoms with Crippen LogP contribution in [0.5, 0.6) is 0 Å². The second kappa shape index (κ2) is 6.69. The number of carbonyl (C=O) groups is 1. The van der Waals surface area contributed by atoms with E-state index in [1.165, 1.54) is 5.56 Å². The smallest absolute Gasteiger partial charge is 0.180 e. The van der Waals surface area contributed by atoms with Gasteiger partial charge in [-0.3, -0.25) is 9.36 Å². The van der Waals surface area contributed by atoms with Crippen LogP contribution in [0.25, 0.3) is 5.82 Å². The lowest BCUT2D eigenvalue weighted by Gasteiger charge is -2.06. The Morgan fingerprint density at radius 1 is 1.17 bits per heavy atom. The van der Waals surface area contributed by atoms with E-state index in [1.807, 2.05) is 49.6 Å². The molecular formula is C19H20N2O2S. The third-order valence-corrected chi connectivity index (χ3v) is 5.20. The quantitative estimate of drug-likeness (QED) is 0.500. The van der Waals surface area contributed by atoms with Crippen LogP contribution in [0.1, 0.15) is 33.1 Å². The van der Waals surface area contributed by atoms with Crippen molar-refractivity contribution in [2.75, 3.05) is 5.75 Å². The highest BCUT2D eigenvalue weighted by Gasteiger charge is 2.18. The molecule has 0 spiro atoms. The summed E-state index contributed by atoms with van der Waals surface area (Å²) in [4.78, 5) is 13.8. The Hall–Kier alpha value is -2.27. The van der Waals surface area contributed by atoms with Gasteiger partial charge in [-0.25, -0.2) is 0 Å². The summed E-state index contributed by atoms with van der Waals surface area (Å²) in [6, 6.07) is 11.9. The Bertz CT molecular complexity index is 893. The summed E-state index contributed by atoms with van der Waals surface area (Å²) in [5.41, 5.74) is 3.81. The molecule has 0 aliphatic carbocycles. The third-order valence-electron chi connectivity index (χ3n) is 4.03. The van der Waals surface area contributed by atoms with Gasteiger partial charge in [-0.1, -0.05) is 23.4 Å². The second-order valence-electron chi connectivity index (χ2n) is 5.89. The molecule has 0 fully saturated rings. The van der Waals surface area contributed by atoms with E-state index in [9.17, 15) is 4.79 Å². The number of rotatable bonds is 5. The minimum atomic E-state index is 0.128. The van der Waals surface area contributed by atoms with E-state index < -0.39 is 0 Å². The number of ketones is 1. The van der Waals surface area contributed by atoms with E-state index in [-0.39, 0.29) is 5.78 Å². The number of hydrogen-bond acceptors (Lipinski definition) is 4. The number of aryl methyl sites for hydroxylation is 3. The fourth-order valence-electron chi connectivity index (χ4n) is 2.80. The van der Waals surface area contributed by atoms with Crippen LogP contribution in [0.3, 0.4) is 0 Å². The SMILES string of the molecule is Cc1cc(-n2c(C)cc(C(=O)CSc3ccccc3C)c2C)no1. The average Bonchev–Trinajstić information content (AvgIpc) is 3.09. The van der Waals surface area contributed by atoms with E-state index in [2.05, 4.69) is 24.2 Å². The summed E-state index contributed by atoms with van der Waals surface area (Å²) < 4.78 is 7.12. The Labute approximate surface area is 145 Å². The van der Waals surface area contributed by atoms with E-state index in [0.29, 0.717) is 11.6 Å². The lowest BCUT2D eigenvalue weighted by Crippen LogP contribution is -2.06. The molecule has 1 aromatic carbocycles. The minimum absolute atomic E-state index is 0.128. The van der Waals surface area contributed by atoms with Gasteiger partial charge in [-0.05, 0) is 45.4 Å². The van der Waals surface area contributed by atoms with E-state index in [0.717, 1.165) is 27.6 Å². The van der Waals surface area contributed by atoms with Crippen LogP contribution < -0.4 is 0 Å². The molecule has 0 bridgehead atoms. The van der Waals surface area contributed by atoms with Gasteiger partial charge in [-0.15, -0.1) is 11.8 Å². The summed E-state index contributed by atoms with van der Waals surface area (Å²) in [6.45, 7) is 7.84. The Kier molecular flexibility index (Phi) is 4.62. The molecule has 0 saturated heterocycles. The molecule has 0 aliphatic heterocycles. The summed E-state index contributed by atoms with van der Waals surface area (Å²) in [5, 5.41) is 4.06. The summed E-state index contributed by atoms with van der Waals surface area (Å²) in [5.74, 6) is 2.02. The highest BCUT2D eigenvalue weighted by atomic mass is 32.2. The predicted molar refractivity (Wildman–Crippen MR) is 96.3 cm³/mol. The highest BCUT2D eigenvalue weighted by Crippen LogP contribution is 2.25. The first-order valence-corrected chi connectivity index (χ1v) is 8.80. The summed E-state index contributed by atoms with van der Waals surface area (Å²) >= 11 is 1.58. The van der Waals surface area contributed by atoms with Crippen molar-refractivity contribution in [1.29, 1.82) is 0 Å². The van der Waals surface area contributed by atoms with Crippen molar-refractivity contribution < 1.29 is 9.32 Å². The topological polar surface area (TPSA) is 48.0 Å². The predicted octanol–water partition coefficient (Wildman–Crippen LogP) is 4.67. The molecule has 5 heteroatoms. The number of thioether (sulfide) groups is 1. The van der Waals surface area contributed by atoms with Gasteiger partial charge in [0.1, 0.15) is 5.76 Å². The fourth-order valence-corrected chi connectivity index (χ4v) is 3.71. The van der Waals surface area contributed by atoms with Crippen LogP contribution in [0, 0.1) is 27.7 Å². The number of hydrogen-bond donors (Lipinski definition) is 0. The molecule has 0 N–H and O–H groups in total. The monoisotopic (exact) mass is 340 g/mol. The number of aromatic nitrogens is 2. The van der Waals surface area contributed by atoms with Gasteiger partial charge >= 0.3 is 0 Å². The van der Waals surface area contributed by atoms with Crippen LogP contribution in [0.4, 0.5) is 0 Å². The molecule has 0 saturated carbocycles. The maximum atomic E-state index is 12.7. The molecule has 0 amide bonds. The van der Waals surface area contributed by atoms with Crippen LogP contribution in [-0.4, -0.2) is 21.3 Å². The first kappa shape index (κ1) is 16.6. The zero-order valence-electron chi connectivity index (χ0n) is 14.3. The summed E-state index contributed by atoms with van der Waals surface area (Å²) in [6.07, 6.45) is 0. The van der Waals surface area contributed by atoms with Crippen LogP contribution in [0.15, 0.2) is 45.8 Å². The number of carbonyl (C=O) groups excluding carboxylic acids is 1. The molecule has 124 valence electrons. The van der Waals surface area contributed by atoms with Crippen molar-refractivity contribution in [2.24, 2.45) is 0 Å². The molecule has 2 heterocycles. The standard InChI is InChI=1S/C19H20N2O2S/c1-12-7-5-6-8-18(12)24-11-17(22)16-9-13(2)21(15(16)4)19-10-14(3)23-20-19/h5-10H,11H2,1-4H3. The molecule has 2 aromatic heterocycles. The Morgan fingerprint density at radius 3 is 2.58 bits per heavy atom. The van der Waals surface area contributed by atoms with E-state index >= 15 is 0 Å². The largest absolute Gasteiger partial charge is 0.360 e. The molecule has 3 aromatic rings. The second-order valence-corrected chi connectivity index (χ2v) is 6.91. The molecule has 0 aliphatic rings. The van der Waals surface area contributed by atoms with Crippen LogP contribution in [-0.2, 0) is 0 Å². The minimum Gasteiger partial charge on any atom is -0.360 e. The van der Waals surface area contributed by atoms with Crippen molar-refractivity contribution in [3.63, 3.8) is 0 Å². The van der Waals surface area contributed by atoms with Crippen molar-refractivity contribution in [3.8, 4) is 5.82 Å². The van der Waals surface area contributed by atoms with Gasteiger partial charge in [0, 0.05) is 27.9 Å². The first-order chi connectivity index (χ1) is 11.5. The van der Waals surface area contributed by atoms with E-state index in [1.54, 1.807) is 11.8 Å².